The summed E-state index contributed by atoms with van der Waals surface area (Å²) in [6, 6.07) is 17.9. The molecule has 2 amide bonds. The Bertz CT molecular complexity index is 1220. The van der Waals surface area contributed by atoms with Crippen LogP contribution in [0.25, 0.3) is 0 Å². The molecule has 1 aromatic heterocycles. The fraction of sp³-hybridized carbons (Fsp3) is 0.321. The summed E-state index contributed by atoms with van der Waals surface area (Å²) >= 11 is 0. The first kappa shape index (κ1) is 26.0. The second kappa shape index (κ2) is 11.3. The van der Waals surface area contributed by atoms with Gasteiger partial charge in [0, 0.05) is 6.07 Å². The van der Waals surface area contributed by atoms with Crippen molar-refractivity contribution in [3.8, 4) is 17.4 Å². The molecule has 3 aromatic rings. The lowest BCUT2D eigenvalue weighted by Gasteiger charge is -2.26. The summed E-state index contributed by atoms with van der Waals surface area (Å²) in [4.78, 5) is 28.6. The van der Waals surface area contributed by atoms with Crippen molar-refractivity contribution in [3.05, 3.63) is 78.0 Å². The molecule has 1 aliphatic heterocycles. The number of fused-ring (bicyclic) bond motifs is 1. The van der Waals surface area contributed by atoms with Crippen molar-refractivity contribution in [2.45, 2.75) is 51.4 Å². The average molecular weight is 506 g/mol. The zero-order valence-electron chi connectivity index (χ0n) is 21.1. The molecule has 194 valence electrons. The third-order valence-electron chi connectivity index (χ3n) is 5.56. The molecule has 0 fully saturated rings. The Labute approximate surface area is 215 Å². The largest absolute Gasteiger partial charge is 0.485 e. The highest BCUT2D eigenvalue weighted by molar-refractivity contribution is 5.96. The lowest BCUT2D eigenvalue weighted by atomic mass is 9.97. The summed E-state index contributed by atoms with van der Waals surface area (Å²) in [7, 11) is 0. The molecule has 0 radical (unpaired) electrons. The first-order valence-electron chi connectivity index (χ1n) is 12.1. The summed E-state index contributed by atoms with van der Waals surface area (Å²) in [5.74, 6) is 1.22. The fourth-order valence-electron chi connectivity index (χ4n) is 3.84. The number of carbonyl (C=O) groups is 2. The van der Waals surface area contributed by atoms with Crippen molar-refractivity contribution < 1.29 is 28.9 Å². The van der Waals surface area contributed by atoms with Crippen LogP contribution in [0.1, 0.15) is 44.4 Å². The summed E-state index contributed by atoms with van der Waals surface area (Å²) in [5, 5.41) is 14.5. The van der Waals surface area contributed by atoms with E-state index in [0.717, 1.165) is 29.7 Å². The summed E-state index contributed by atoms with van der Waals surface area (Å²) in [6.45, 7) is 4.52. The number of hydrogen-bond acceptors (Lipinski definition) is 7. The third kappa shape index (κ3) is 7.20. The monoisotopic (exact) mass is 505 g/mol. The fourth-order valence-corrected chi connectivity index (χ4v) is 3.84. The minimum atomic E-state index is -1.18. The van der Waals surface area contributed by atoms with Crippen LogP contribution in [0.5, 0.6) is 17.4 Å². The number of aromatic nitrogens is 1. The Hall–Kier alpha value is -4.11. The number of hydrogen-bond donors (Lipinski definition) is 3. The van der Waals surface area contributed by atoms with Crippen molar-refractivity contribution in [3.63, 3.8) is 0 Å². The quantitative estimate of drug-likeness (QED) is 0.423. The predicted molar refractivity (Wildman–Crippen MR) is 138 cm³/mol. The highest BCUT2D eigenvalue weighted by atomic mass is 16.6. The van der Waals surface area contributed by atoms with E-state index in [1.165, 1.54) is 6.20 Å². The van der Waals surface area contributed by atoms with Crippen LogP contribution >= 0.6 is 0 Å². The average Bonchev–Trinajstić information content (AvgIpc) is 2.87. The second-order valence-electron chi connectivity index (χ2n) is 9.68. The highest BCUT2D eigenvalue weighted by Crippen LogP contribution is 2.37. The lowest BCUT2D eigenvalue weighted by Crippen LogP contribution is -2.47. The maximum atomic E-state index is 12.5. The number of pyridine rings is 1. The number of rotatable bonds is 7. The number of benzene rings is 2. The Morgan fingerprint density at radius 3 is 2.59 bits per heavy atom. The number of amides is 2. The SMILES string of the molecule is CC(C)(C)OC(=O)NC(CO)C(=O)Nc1ccc(Oc2ccc3c(c2)CC[C@@H](c2ccccc2)O3)nc1. The van der Waals surface area contributed by atoms with Crippen LogP contribution in [0.2, 0.25) is 0 Å². The predicted octanol–water partition coefficient (Wildman–Crippen LogP) is 4.76. The molecule has 37 heavy (non-hydrogen) atoms. The molecule has 4 rings (SSSR count). The van der Waals surface area contributed by atoms with Gasteiger partial charge in [0.05, 0.1) is 18.5 Å². The van der Waals surface area contributed by atoms with Crippen LogP contribution in [0, 0.1) is 0 Å². The van der Waals surface area contributed by atoms with Crippen molar-refractivity contribution >= 4 is 17.7 Å². The molecule has 0 saturated heterocycles. The van der Waals surface area contributed by atoms with Gasteiger partial charge in [0.15, 0.2) is 0 Å². The molecule has 1 aliphatic rings. The molecule has 2 heterocycles. The Kier molecular flexibility index (Phi) is 7.93. The Balaban J connectivity index is 1.33. The van der Waals surface area contributed by atoms with Crippen LogP contribution in [0.4, 0.5) is 10.5 Å². The number of nitrogens with zero attached hydrogens (tertiary/aromatic N) is 1. The Morgan fingerprint density at radius 2 is 1.92 bits per heavy atom. The number of nitrogens with one attached hydrogen (secondary N) is 2. The molecule has 9 nitrogen and oxygen atoms in total. The normalized spacial score (nSPS) is 15.5. The van der Waals surface area contributed by atoms with E-state index in [-0.39, 0.29) is 6.10 Å². The van der Waals surface area contributed by atoms with Gasteiger partial charge >= 0.3 is 6.09 Å². The molecule has 9 heteroatoms. The molecule has 0 aliphatic carbocycles. The molecule has 2 aromatic carbocycles. The number of carbonyl (C=O) groups excluding carboxylic acids is 2. The number of aliphatic hydroxyl groups is 1. The first-order valence-corrected chi connectivity index (χ1v) is 12.1. The van der Waals surface area contributed by atoms with E-state index in [4.69, 9.17) is 14.2 Å². The smallest absolute Gasteiger partial charge is 0.408 e. The minimum absolute atomic E-state index is 0.0367. The number of alkyl carbamates (subject to hydrolysis) is 1. The van der Waals surface area contributed by atoms with Crippen LogP contribution < -0.4 is 20.1 Å². The third-order valence-corrected chi connectivity index (χ3v) is 5.56. The second-order valence-corrected chi connectivity index (χ2v) is 9.68. The number of anilines is 1. The number of aryl methyl sites for hydroxylation is 1. The van der Waals surface area contributed by atoms with Gasteiger partial charge in [-0.05, 0) is 69.0 Å². The summed E-state index contributed by atoms with van der Waals surface area (Å²) in [6.07, 6.45) is 2.42. The molecule has 1 unspecified atom stereocenters. The minimum Gasteiger partial charge on any atom is -0.485 e. The van der Waals surface area contributed by atoms with Gasteiger partial charge in [0.1, 0.15) is 29.2 Å². The summed E-state index contributed by atoms with van der Waals surface area (Å²) in [5.41, 5.74) is 1.89. The van der Waals surface area contributed by atoms with Crippen LogP contribution in [0.3, 0.4) is 0 Å². The lowest BCUT2D eigenvalue weighted by molar-refractivity contribution is -0.119. The molecule has 3 N–H and O–H groups in total. The van der Waals surface area contributed by atoms with Gasteiger partial charge in [-0.3, -0.25) is 4.79 Å². The van der Waals surface area contributed by atoms with Crippen LogP contribution in [0.15, 0.2) is 66.9 Å². The van der Waals surface area contributed by atoms with Gasteiger partial charge in [0.25, 0.3) is 0 Å². The van der Waals surface area contributed by atoms with Gasteiger partial charge in [0.2, 0.25) is 11.8 Å². The van der Waals surface area contributed by atoms with Gasteiger partial charge in [-0.15, -0.1) is 0 Å². The van der Waals surface area contributed by atoms with E-state index in [1.54, 1.807) is 32.9 Å². The van der Waals surface area contributed by atoms with Crippen molar-refractivity contribution in [1.82, 2.24) is 10.3 Å². The zero-order chi connectivity index (χ0) is 26.4. The molecule has 0 bridgehead atoms. The Morgan fingerprint density at radius 1 is 1.14 bits per heavy atom. The number of ether oxygens (including phenoxy) is 3. The van der Waals surface area contributed by atoms with E-state index in [9.17, 15) is 14.7 Å². The standard InChI is InChI=1S/C28H31N3O6/c1-28(2,3)37-27(34)31-22(17-32)26(33)30-20-10-14-25(29-16-20)35-21-11-13-24-19(15-21)9-12-23(36-24)18-7-5-4-6-8-18/h4-8,10-11,13-16,22-23,32H,9,12,17H2,1-3H3,(H,30,33)(H,31,34)/t22?,23-/m0/s1. The van der Waals surface area contributed by atoms with E-state index >= 15 is 0 Å². The van der Waals surface area contributed by atoms with Gasteiger partial charge in [-0.2, -0.15) is 0 Å². The van der Waals surface area contributed by atoms with Crippen molar-refractivity contribution in [2.75, 3.05) is 11.9 Å². The highest BCUT2D eigenvalue weighted by Gasteiger charge is 2.24. The van der Waals surface area contributed by atoms with Crippen molar-refractivity contribution in [1.29, 1.82) is 0 Å². The molecule has 2 atom stereocenters. The van der Waals surface area contributed by atoms with Gasteiger partial charge in [-0.25, -0.2) is 9.78 Å². The zero-order valence-corrected chi connectivity index (χ0v) is 21.1. The maximum Gasteiger partial charge on any atom is 0.408 e. The number of aliphatic hydroxyl groups excluding tert-OH is 1. The van der Waals surface area contributed by atoms with Gasteiger partial charge < -0.3 is 30.0 Å². The van der Waals surface area contributed by atoms with E-state index in [2.05, 4.69) is 27.8 Å². The van der Waals surface area contributed by atoms with E-state index < -0.39 is 30.3 Å². The first-order chi connectivity index (χ1) is 17.7. The van der Waals surface area contributed by atoms with Crippen molar-refractivity contribution in [2.24, 2.45) is 0 Å². The van der Waals surface area contributed by atoms with Crippen LogP contribution in [-0.2, 0) is 16.0 Å². The van der Waals surface area contributed by atoms with E-state index in [0.29, 0.717) is 17.3 Å². The van der Waals surface area contributed by atoms with Crippen LogP contribution in [-0.4, -0.2) is 40.3 Å². The molecular weight excluding hydrogens is 474 g/mol. The maximum absolute atomic E-state index is 12.5. The molecule has 0 spiro atoms. The topological polar surface area (TPSA) is 119 Å². The van der Waals surface area contributed by atoms with Gasteiger partial charge in [-0.1, -0.05) is 30.3 Å². The van der Waals surface area contributed by atoms with E-state index in [1.807, 2.05) is 36.4 Å². The molecular formula is C28H31N3O6. The summed E-state index contributed by atoms with van der Waals surface area (Å²) < 4.78 is 17.2. The molecule has 0 saturated carbocycles.